The zero-order chi connectivity index (χ0) is 14.9. The first-order valence-electron chi connectivity index (χ1n) is 7.83. The summed E-state index contributed by atoms with van der Waals surface area (Å²) in [6.07, 6.45) is 3.90. The van der Waals surface area contributed by atoms with Gasteiger partial charge in [0.2, 0.25) is 0 Å². The summed E-state index contributed by atoms with van der Waals surface area (Å²) in [7, 11) is 0. The van der Waals surface area contributed by atoms with Gasteiger partial charge in [-0.3, -0.25) is 0 Å². The second kappa shape index (κ2) is 5.54. The fourth-order valence-corrected chi connectivity index (χ4v) is 3.17. The van der Waals surface area contributed by atoms with Crippen molar-refractivity contribution in [3.8, 4) is 11.5 Å². The van der Waals surface area contributed by atoms with Gasteiger partial charge in [0, 0.05) is 18.5 Å². The van der Waals surface area contributed by atoms with Crippen LogP contribution in [-0.2, 0) is 12.8 Å². The summed E-state index contributed by atoms with van der Waals surface area (Å²) in [6, 6.07) is 14.1. The maximum absolute atomic E-state index is 6.03. The molecule has 0 saturated heterocycles. The highest BCUT2D eigenvalue weighted by atomic mass is 16.5. The lowest BCUT2D eigenvalue weighted by molar-refractivity contribution is 0.0483. The van der Waals surface area contributed by atoms with Crippen LogP contribution < -0.4 is 20.5 Å². The second-order valence-corrected chi connectivity index (χ2v) is 5.93. The Morgan fingerprint density at radius 2 is 1.55 bits per heavy atom. The Labute approximate surface area is 130 Å². The Kier molecular flexibility index (Phi) is 3.39. The molecule has 2 aromatic rings. The molecule has 2 atom stereocenters. The van der Waals surface area contributed by atoms with Crippen molar-refractivity contribution in [2.24, 2.45) is 0 Å². The molecule has 2 unspecified atom stereocenters. The van der Waals surface area contributed by atoms with E-state index >= 15 is 0 Å². The standard InChI is InChI=1S/C18H20N2O2/c19-14-7-8-16-13(11-14)6-10-18(22-16)20-17-9-5-12-3-1-2-4-15(12)21-17/h1-4,7-8,11,17-18,20H,5-6,9-10,19H2. The van der Waals surface area contributed by atoms with Crippen molar-refractivity contribution in [3.05, 3.63) is 53.6 Å². The molecule has 0 bridgehead atoms. The number of hydrogen-bond donors (Lipinski definition) is 2. The lowest BCUT2D eigenvalue weighted by Gasteiger charge is -2.33. The summed E-state index contributed by atoms with van der Waals surface area (Å²) in [5, 5.41) is 3.48. The number of benzene rings is 2. The second-order valence-electron chi connectivity index (χ2n) is 5.93. The van der Waals surface area contributed by atoms with Gasteiger partial charge in [-0.25, -0.2) is 5.32 Å². The molecule has 0 aliphatic carbocycles. The summed E-state index contributed by atoms with van der Waals surface area (Å²) >= 11 is 0. The van der Waals surface area contributed by atoms with Crippen LogP contribution in [0.5, 0.6) is 11.5 Å². The summed E-state index contributed by atoms with van der Waals surface area (Å²) in [5.74, 6) is 1.91. The molecular formula is C18H20N2O2. The molecule has 2 heterocycles. The maximum Gasteiger partial charge on any atom is 0.153 e. The van der Waals surface area contributed by atoms with Crippen LogP contribution in [0.1, 0.15) is 24.0 Å². The SMILES string of the molecule is Nc1ccc2c(c1)CCC(NC1CCc3ccccc3O1)O2. The third kappa shape index (κ3) is 2.62. The quantitative estimate of drug-likeness (QED) is 0.837. The molecule has 2 aliphatic rings. The summed E-state index contributed by atoms with van der Waals surface area (Å²) in [6.45, 7) is 0. The first-order valence-corrected chi connectivity index (χ1v) is 7.83. The Balaban J connectivity index is 1.42. The Hall–Kier alpha value is -2.20. The molecule has 22 heavy (non-hydrogen) atoms. The summed E-state index contributed by atoms with van der Waals surface area (Å²) in [4.78, 5) is 0. The molecule has 0 fully saturated rings. The number of aryl methyl sites for hydroxylation is 2. The highest BCUT2D eigenvalue weighted by Gasteiger charge is 2.25. The van der Waals surface area contributed by atoms with E-state index in [1.807, 2.05) is 30.3 Å². The van der Waals surface area contributed by atoms with Crippen LogP contribution in [0, 0.1) is 0 Å². The van der Waals surface area contributed by atoms with Crippen LogP contribution >= 0.6 is 0 Å². The van der Waals surface area contributed by atoms with Crippen LogP contribution in [0.15, 0.2) is 42.5 Å². The number of hydrogen-bond acceptors (Lipinski definition) is 4. The van der Waals surface area contributed by atoms with Gasteiger partial charge in [0.05, 0.1) is 0 Å². The number of para-hydroxylation sites is 1. The van der Waals surface area contributed by atoms with Crippen LogP contribution in [0.4, 0.5) is 5.69 Å². The lowest BCUT2D eigenvalue weighted by atomic mass is 10.0. The average molecular weight is 296 g/mol. The molecular weight excluding hydrogens is 276 g/mol. The number of nitrogens with one attached hydrogen (secondary N) is 1. The molecule has 4 nitrogen and oxygen atoms in total. The van der Waals surface area contributed by atoms with Crippen molar-refractivity contribution in [1.29, 1.82) is 0 Å². The van der Waals surface area contributed by atoms with Gasteiger partial charge in [0.25, 0.3) is 0 Å². The number of nitrogen functional groups attached to an aromatic ring is 1. The molecule has 0 amide bonds. The predicted octanol–water partition coefficient (Wildman–Crippen LogP) is 2.86. The van der Waals surface area contributed by atoms with E-state index in [1.165, 1.54) is 11.1 Å². The zero-order valence-electron chi connectivity index (χ0n) is 12.4. The van der Waals surface area contributed by atoms with E-state index in [0.29, 0.717) is 0 Å². The third-order valence-electron chi connectivity index (χ3n) is 4.32. The van der Waals surface area contributed by atoms with Gasteiger partial charge in [-0.05, 0) is 48.2 Å². The van der Waals surface area contributed by atoms with E-state index < -0.39 is 0 Å². The zero-order valence-corrected chi connectivity index (χ0v) is 12.4. The molecule has 0 aromatic heterocycles. The van der Waals surface area contributed by atoms with E-state index in [0.717, 1.165) is 42.9 Å². The monoisotopic (exact) mass is 296 g/mol. The largest absolute Gasteiger partial charge is 0.475 e. The predicted molar refractivity (Wildman–Crippen MR) is 85.9 cm³/mol. The van der Waals surface area contributed by atoms with Gasteiger partial charge in [0.1, 0.15) is 11.5 Å². The number of ether oxygens (including phenoxy) is 2. The smallest absolute Gasteiger partial charge is 0.153 e. The van der Waals surface area contributed by atoms with E-state index in [2.05, 4.69) is 17.4 Å². The van der Waals surface area contributed by atoms with Crippen molar-refractivity contribution < 1.29 is 9.47 Å². The highest BCUT2D eigenvalue weighted by molar-refractivity contribution is 5.48. The fraction of sp³-hybridized carbons (Fsp3) is 0.333. The number of anilines is 1. The van der Waals surface area contributed by atoms with Gasteiger partial charge >= 0.3 is 0 Å². The van der Waals surface area contributed by atoms with Gasteiger partial charge < -0.3 is 15.2 Å². The van der Waals surface area contributed by atoms with E-state index in [9.17, 15) is 0 Å². The lowest BCUT2D eigenvalue weighted by Crippen LogP contribution is -2.47. The van der Waals surface area contributed by atoms with Gasteiger partial charge in [-0.15, -0.1) is 0 Å². The van der Waals surface area contributed by atoms with Gasteiger partial charge in [-0.1, -0.05) is 18.2 Å². The first kappa shape index (κ1) is 13.5. The van der Waals surface area contributed by atoms with Crippen molar-refractivity contribution in [2.75, 3.05) is 5.73 Å². The molecule has 2 aromatic carbocycles. The van der Waals surface area contributed by atoms with Gasteiger partial charge in [-0.2, -0.15) is 0 Å². The third-order valence-corrected chi connectivity index (χ3v) is 4.32. The molecule has 3 N–H and O–H groups in total. The fourth-order valence-electron chi connectivity index (χ4n) is 3.17. The number of fused-ring (bicyclic) bond motifs is 2. The normalized spacial score (nSPS) is 22.9. The van der Waals surface area contributed by atoms with Crippen LogP contribution in [0.2, 0.25) is 0 Å². The van der Waals surface area contributed by atoms with E-state index in [-0.39, 0.29) is 12.5 Å². The van der Waals surface area contributed by atoms with Crippen molar-refractivity contribution >= 4 is 5.69 Å². The van der Waals surface area contributed by atoms with Crippen LogP contribution in [0.25, 0.3) is 0 Å². The number of nitrogens with two attached hydrogens (primary N) is 1. The minimum absolute atomic E-state index is 0.00798. The molecule has 0 spiro atoms. The Morgan fingerprint density at radius 3 is 2.36 bits per heavy atom. The Bertz CT molecular complexity index is 687. The Morgan fingerprint density at radius 1 is 0.864 bits per heavy atom. The van der Waals surface area contributed by atoms with Crippen molar-refractivity contribution in [2.45, 2.75) is 38.1 Å². The maximum atomic E-state index is 6.03. The molecule has 0 radical (unpaired) electrons. The number of rotatable bonds is 2. The van der Waals surface area contributed by atoms with Gasteiger partial charge in [0.15, 0.2) is 12.5 Å². The molecule has 114 valence electrons. The van der Waals surface area contributed by atoms with Crippen LogP contribution in [0.3, 0.4) is 0 Å². The molecule has 0 saturated carbocycles. The molecule has 4 rings (SSSR count). The summed E-state index contributed by atoms with van der Waals surface area (Å²) in [5.41, 5.74) is 9.08. The minimum atomic E-state index is -0.00798. The molecule has 2 aliphatic heterocycles. The highest BCUT2D eigenvalue weighted by Crippen LogP contribution is 2.30. The van der Waals surface area contributed by atoms with E-state index in [1.54, 1.807) is 0 Å². The molecule has 4 heteroatoms. The van der Waals surface area contributed by atoms with Crippen LogP contribution in [-0.4, -0.2) is 12.5 Å². The summed E-state index contributed by atoms with van der Waals surface area (Å²) < 4.78 is 12.1. The minimum Gasteiger partial charge on any atom is -0.475 e. The van der Waals surface area contributed by atoms with E-state index in [4.69, 9.17) is 15.2 Å². The topological polar surface area (TPSA) is 56.5 Å². The first-order chi connectivity index (χ1) is 10.8. The average Bonchev–Trinajstić information content (AvgIpc) is 2.55. The van der Waals surface area contributed by atoms with Crippen molar-refractivity contribution in [3.63, 3.8) is 0 Å². The van der Waals surface area contributed by atoms with Crippen molar-refractivity contribution in [1.82, 2.24) is 5.32 Å².